The third-order valence-electron chi connectivity index (χ3n) is 4.11. The molecule has 0 aromatic rings. The lowest BCUT2D eigenvalue weighted by molar-refractivity contribution is -0.127. The minimum atomic E-state index is 0.105. The van der Waals surface area contributed by atoms with E-state index in [1.807, 2.05) is 11.8 Å². The molecule has 4 heteroatoms. The fourth-order valence-corrected chi connectivity index (χ4v) is 3.70. The molecular formula is C12H22N2OS. The highest BCUT2D eigenvalue weighted by molar-refractivity contribution is 7.98. The lowest BCUT2D eigenvalue weighted by Gasteiger charge is -2.26. The van der Waals surface area contributed by atoms with Crippen molar-refractivity contribution in [3.8, 4) is 0 Å². The van der Waals surface area contributed by atoms with Crippen molar-refractivity contribution in [1.29, 1.82) is 0 Å². The zero-order valence-electron chi connectivity index (χ0n) is 9.95. The lowest BCUT2D eigenvalue weighted by Crippen LogP contribution is -2.45. The molecule has 0 aromatic heterocycles. The minimum absolute atomic E-state index is 0.105. The van der Waals surface area contributed by atoms with Gasteiger partial charge < -0.3 is 11.1 Å². The molecule has 2 aliphatic carbocycles. The molecule has 0 spiro atoms. The van der Waals surface area contributed by atoms with Gasteiger partial charge in [0.2, 0.25) is 5.91 Å². The standard InChI is InChI=1S/C12H22N2OS/c1-16-6-2-5-14-12(15)10-8-3-4-9(7-8)11(10)13/h8-11H,2-7,13H2,1H3,(H,14,15). The van der Waals surface area contributed by atoms with Crippen molar-refractivity contribution in [2.45, 2.75) is 31.7 Å². The summed E-state index contributed by atoms with van der Waals surface area (Å²) >= 11 is 1.82. The van der Waals surface area contributed by atoms with Crippen LogP contribution in [-0.2, 0) is 4.79 Å². The van der Waals surface area contributed by atoms with Gasteiger partial charge in [0.1, 0.15) is 0 Å². The Morgan fingerprint density at radius 1 is 1.44 bits per heavy atom. The molecule has 4 unspecified atom stereocenters. The predicted octanol–water partition coefficient (Wildman–Crippen LogP) is 1.23. The van der Waals surface area contributed by atoms with Crippen LogP contribution in [0.3, 0.4) is 0 Å². The Hall–Kier alpha value is -0.220. The number of hydrogen-bond donors (Lipinski definition) is 2. The summed E-state index contributed by atoms with van der Waals surface area (Å²) in [5, 5.41) is 3.04. The summed E-state index contributed by atoms with van der Waals surface area (Å²) in [4.78, 5) is 12.0. The van der Waals surface area contributed by atoms with Gasteiger partial charge in [-0.3, -0.25) is 4.79 Å². The van der Waals surface area contributed by atoms with E-state index in [1.165, 1.54) is 19.3 Å². The van der Waals surface area contributed by atoms with Gasteiger partial charge in [0.25, 0.3) is 0 Å². The lowest BCUT2D eigenvalue weighted by atomic mass is 9.84. The van der Waals surface area contributed by atoms with Crippen LogP contribution in [-0.4, -0.2) is 30.5 Å². The number of thioether (sulfide) groups is 1. The van der Waals surface area contributed by atoms with E-state index in [-0.39, 0.29) is 17.9 Å². The summed E-state index contributed by atoms with van der Waals surface area (Å²) in [6.07, 6.45) is 6.78. The third-order valence-corrected chi connectivity index (χ3v) is 4.80. The molecule has 2 fully saturated rings. The molecule has 0 saturated heterocycles. The summed E-state index contributed by atoms with van der Waals surface area (Å²) < 4.78 is 0. The first kappa shape index (κ1) is 12.2. The van der Waals surface area contributed by atoms with Crippen molar-refractivity contribution in [3.05, 3.63) is 0 Å². The van der Waals surface area contributed by atoms with Gasteiger partial charge in [-0.1, -0.05) is 0 Å². The number of fused-ring (bicyclic) bond motifs is 2. The summed E-state index contributed by atoms with van der Waals surface area (Å²) in [6.45, 7) is 0.806. The topological polar surface area (TPSA) is 55.1 Å². The fourth-order valence-electron chi connectivity index (χ4n) is 3.27. The average Bonchev–Trinajstić information content (AvgIpc) is 2.84. The molecule has 0 aromatic carbocycles. The second kappa shape index (κ2) is 5.41. The van der Waals surface area contributed by atoms with Crippen molar-refractivity contribution in [2.24, 2.45) is 23.5 Å². The largest absolute Gasteiger partial charge is 0.356 e. The molecule has 0 heterocycles. The molecule has 16 heavy (non-hydrogen) atoms. The first-order valence-corrected chi connectivity index (χ1v) is 7.65. The Balaban J connectivity index is 1.77. The van der Waals surface area contributed by atoms with Crippen LogP contribution in [0.4, 0.5) is 0 Å². The Kier molecular flexibility index (Phi) is 4.14. The van der Waals surface area contributed by atoms with Gasteiger partial charge in [-0.25, -0.2) is 0 Å². The molecule has 3 N–H and O–H groups in total. The monoisotopic (exact) mass is 242 g/mol. The van der Waals surface area contributed by atoms with Crippen molar-refractivity contribution >= 4 is 17.7 Å². The molecule has 0 radical (unpaired) electrons. The summed E-state index contributed by atoms with van der Waals surface area (Å²) in [7, 11) is 0. The van der Waals surface area contributed by atoms with Gasteiger partial charge in [0.05, 0.1) is 5.92 Å². The molecular weight excluding hydrogens is 220 g/mol. The van der Waals surface area contributed by atoms with Crippen LogP contribution in [0.5, 0.6) is 0 Å². The Bertz CT molecular complexity index is 257. The molecule has 2 rings (SSSR count). The van der Waals surface area contributed by atoms with Gasteiger partial charge >= 0.3 is 0 Å². The number of carbonyl (C=O) groups is 1. The van der Waals surface area contributed by atoms with E-state index in [4.69, 9.17) is 5.73 Å². The van der Waals surface area contributed by atoms with Crippen LogP contribution in [0.25, 0.3) is 0 Å². The van der Waals surface area contributed by atoms with Crippen molar-refractivity contribution < 1.29 is 4.79 Å². The van der Waals surface area contributed by atoms with Gasteiger partial charge in [-0.15, -0.1) is 0 Å². The number of nitrogens with one attached hydrogen (secondary N) is 1. The van der Waals surface area contributed by atoms with E-state index < -0.39 is 0 Å². The van der Waals surface area contributed by atoms with Crippen molar-refractivity contribution in [3.63, 3.8) is 0 Å². The van der Waals surface area contributed by atoms with Crippen LogP contribution < -0.4 is 11.1 Å². The molecule has 2 aliphatic rings. The first-order chi connectivity index (χ1) is 7.74. The molecule has 1 amide bonds. The van der Waals surface area contributed by atoms with Gasteiger partial charge in [0, 0.05) is 12.6 Å². The smallest absolute Gasteiger partial charge is 0.224 e. The number of nitrogens with two attached hydrogens (primary N) is 1. The number of amides is 1. The van der Waals surface area contributed by atoms with Gasteiger partial charge in [-0.05, 0) is 49.5 Å². The van der Waals surface area contributed by atoms with E-state index in [9.17, 15) is 4.79 Å². The Labute approximate surface area is 102 Å². The van der Waals surface area contributed by atoms with Crippen LogP contribution in [0.2, 0.25) is 0 Å². The number of rotatable bonds is 5. The van der Waals surface area contributed by atoms with Crippen LogP contribution >= 0.6 is 11.8 Å². The molecule has 2 saturated carbocycles. The third kappa shape index (κ3) is 2.38. The number of hydrogen-bond acceptors (Lipinski definition) is 3. The molecule has 3 nitrogen and oxygen atoms in total. The second-order valence-electron chi connectivity index (χ2n) is 5.07. The quantitative estimate of drug-likeness (QED) is 0.713. The van der Waals surface area contributed by atoms with Gasteiger partial charge in [-0.2, -0.15) is 11.8 Å². The summed E-state index contributed by atoms with van der Waals surface area (Å²) in [5.41, 5.74) is 6.13. The normalized spacial score (nSPS) is 36.6. The maximum atomic E-state index is 12.0. The first-order valence-electron chi connectivity index (χ1n) is 6.26. The SMILES string of the molecule is CSCCCNC(=O)C1C2CCC(C2)C1N. The average molecular weight is 242 g/mol. The Morgan fingerprint density at radius 3 is 2.81 bits per heavy atom. The maximum Gasteiger partial charge on any atom is 0.224 e. The highest BCUT2D eigenvalue weighted by Gasteiger charge is 2.48. The molecule has 92 valence electrons. The summed E-state index contributed by atoms with van der Waals surface area (Å²) in [5.74, 6) is 2.62. The maximum absolute atomic E-state index is 12.0. The van der Waals surface area contributed by atoms with Crippen LogP contribution in [0.15, 0.2) is 0 Å². The van der Waals surface area contributed by atoms with E-state index in [0.717, 1.165) is 18.7 Å². The number of carbonyl (C=O) groups excluding carboxylic acids is 1. The van der Waals surface area contributed by atoms with E-state index in [0.29, 0.717) is 11.8 Å². The highest BCUT2D eigenvalue weighted by Crippen LogP contribution is 2.47. The fraction of sp³-hybridized carbons (Fsp3) is 0.917. The Morgan fingerprint density at radius 2 is 2.19 bits per heavy atom. The van der Waals surface area contributed by atoms with Crippen molar-refractivity contribution in [2.75, 3.05) is 18.6 Å². The highest BCUT2D eigenvalue weighted by atomic mass is 32.2. The molecule has 2 bridgehead atoms. The van der Waals surface area contributed by atoms with Crippen LogP contribution in [0, 0.1) is 17.8 Å². The minimum Gasteiger partial charge on any atom is -0.356 e. The molecule has 4 atom stereocenters. The predicted molar refractivity (Wildman–Crippen MR) is 68.3 cm³/mol. The zero-order chi connectivity index (χ0) is 11.5. The van der Waals surface area contributed by atoms with Crippen molar-refractivity contribution in [1.82, 2.24) is 5.32 Å². The second-order valence-corrected chi connectivity index (χ2v) is 6.06. The van der Waals surface area contributed by atoms with Gasteiger partial charge in [0.15, 0.2) is 0 Å². The van der Waals surface area contributed by atoms with Crippen LogP contribution in [0.1, 0.15) is 25.7 Å². The van der Waals surface area contributed by atoms with E-state index in [2.05, 4.69) is 11.6 Å². The van der Waals surface area contributed by atoms with E-state index >= 15 is 0 Å². The molecule has 0 aliphatic heterocycles. The van der Waals surface area contributed by atoms with E-state index in [1.54, 1.807) is 0 Å². The zero-order valence-corrected chi connectivity index (χ0v) is 10.8. The summed E-state index contributed by atoms with van der Waals surface area (Å²) in [6, 6.07) is 0.124.